The summed E-state index contributed by atoms with van der Waals surface area (Å²) in [5.41, 5.74) is 0. The van der Waals surface area contributed by atoms with Gasteiger partial charge in [-0.25, -0.2) is 14.4 Å². The minimum atomic E-state index is -0.717. The van der Waals surface area contributed by atoms with Crippen LogP contribution >= 0.6 is 0 Å². The van der Waals surface area contributed by atoms with Gasteiger partial charge in [0.05, 0.1) is 0 Å². The molecule has 0 spiro atoms. The average molecular weight is 339 g/mol. The monoisotopic (exact) mass is 339 g/mol. The number of hydrogen-bond donors (Lipinski definition) is 0. The Morgan fingerprint density at radius 3 is 1.33 bits per heavy atom. The third kappa shape index (κ3) is 5.04. The van der Waals surface area contributed by atoms with Gasteiger partial charge in [0.1, 0.15) is 0 Å². The minimum absolute atomic E-state index is 0.0482. The SMILES string of the molecule is CN(C)C(=O)Oc1cccc(OC(=O)N(C)C)c1OC(=O)N(C)C. The molecule has 0 aliphatic heterocycles. The zero-order valence-corrected chi connectivity index (χ0v) is 14.5. The predicted octanol–water partition coefficient (Wildman–Crippen LogP) is 1.87. The Bertz CT molecular complexity index is 587. The number of hydrogen-bond acceptors (Lipinski definition) is 6. The van der Waals surface area contributed by atoms with E-state index in [1.165, 1.54) is 75.2 Å². The first-order chi connectivity index (χ1) is 11.1. The van der Waals surface area contributed by atoms with Gasteiger partial charge in [0.15, 0.2) is 11.5 Å². The molecule has 0 saturated heterocycles. The van der Waals surface area contributed by atoms with E-state index in [1.54, 1.807) is 0 Å². The third-order valence-electron chi connectivity index (χ3n) is 2.62. The fourth-order valence-electron chi connectivity index (χ4n) is 1.31. The summed E-state index contributed by atoms with van der Waals surface area (Å²) >= 11 is 0. The Morgan fingerprint density at radius 2 is 1.00 bits per heavy atom. The molecule has 0 aromatic heterocycles. The highest BCUT2D eigenvalue weighted by Crippen LogP contribution is 2.38. The van der Waals surface area contributed by atoms with Gasteiger partial charge in [0.25, 0.3) is 0 Å². The Kier molecular flexibility index (Phi) is 6.39. The van der Waals surface area contributed by atoms with Crippen LogP contribution in [0.15, 0.2) is 18.2 Å². The van der Waals surface area contributed by atoms with Crippen molar-refractivity contribution in [2.75, 3.05) is 42.3 Å². The summed E-state index contributed by atoms with van der Waals surface area (Å²) in [6.07, 6.45) is -2.06. The smallest absolute Gasteiger partial charge is 0.406 e. The van der Waals surface area contributed by atoms with Crippen molar-refractivity contribution < 1.29 is 28.6 Å². The van der Waals surface area contributed by atoms with Crippen LogP contribution < -0.4 is 14.2 Å². The number of amides is 3. The Labute approximate surface area is 140 Å². The first-order valence-electron chi connectivity index (χ1n) is 6.94. The van der Waals surface area contributed by atoms with Gasteiger partial charge in [-0.15, -0.1) is 0 Å². The van der Waals surface area contributed by atoms with Gasteiger partial charge in [0.2, 0.25) is 5.75 Å². The Balaban J connectivity index is 3.24. The molecule has 0 saturated carbocycles. The average Bonchev–Trinajstić information content (AvgIpc) is 2.49. The van der Waals surface area contributed by atoms with E-state index in [0.717, 1.165) is 0 Å². The maximum Gasteiger partial charge on any atom is 0.414 e. The second-order valence-corrected chi connectivity index (χ2v) is 5.37. The molecule has 0 aliphatic carbocycles. The van der Waals surface area contributed by atoms with Crippen LogP contribution in [-0.4, -0.2) is 75.3 Å². The van der Waals surface area contributed by atoms with Gasteiger partial charge in [0, 0.05) is 42.3 Å². The van der Waals surface area contributed by atoms with Crippen LogP contribution in [0.4, 0.5) is 14.4 Å². The van der Waals surface area contributed by atoms with Gasteiger partial charge >= 0.3 is 18.3 Å². The molecule has 0 unspecified atom stereocenters. The molecule has 0 fully saturated rings. The van der Waals surface area contributed by atoms with Crippen molar-refractivity contribution in [3.8, 4) is 17.2 Å². The van der Waals surface area contributed by atoms with Crippen molar-refractivity contribution in [1.29, 1.82) is 0 Å². The summed E-state index contributed by atoms with van der Waals surface area (Å²) in [6.45, 7) is 0. The lowest BCUT2D eigenvalue weighted by Gasteiger charge is -2.18. The predicted molar refractivity (Wildman–Crippen MR) is 85.6 cm³/mol. The highest BCUT2D eigenvalue weighted by atomic mass is 16.6. The van der Waals surface area contributed by atoms with Crippen molar-refractivity contribution >= 4 is 18.3 Å². The Hall–Kier alpha value is -2.97. The number of nitrogens with zero attached hydrogens (tertiary/aromatic N) is 3. The first-order valence-corrected chi connectivity index (χ1v) is 6.94. The molecule has 24 heavy (non-hydrogen) atoms. The fourth-order valence-corrected chi connectivity index (χ4v) is 1.31. The largest absolute Gasteiger partial charge is 0.414 e. The van der Waals surface area contributed by atoms with Crippen molar-refractivity contribution in [2.24, 2.45) is 0 Å². The lowest BCUT2D eigenvalue weighted by atomic mass is 10.3. The molecule has 0 bridgehead atoms. The van der Waals surface area contributed by atoms with Crippen molar-refractivity contribution in [3.63, 3.8) is 0 Å². The number of benzene rings is 1. The standard InChI is InChI=1S/C15H21N3O6/c1-16(2)13(19)22-10-8-7-9-11(23-14(20)17(3)4)12(10)24-15(21)18(5)6/h7-9H,1-6H3. The van der Waals surface area contributed by atoms with Gasteiger partial charge in [-0.2, -0.15) is 0 Å². The van der Waals surface area contributed by atoms with Crippen LogP contribution in [-0.2, 0) is 0 Å². The van der Waals surface area contributed by atoms with Crippen LogP contribution in [0, 0.1) is 0 Å². The van der Waals surface area contributed by atoms with Crippen LogP contribution in [0.1, 0.15) is 0 Å². The summed E-state index contributed by atoms with van der Waals surface area (Å²) in [4.78, 5) is 39.0. The van der Waals surface area contributed by atoms with E-state index in [4.69, 9.17) is 14.2 Å². The molecule has 0 radical (unpaired) electrons. The molecule has 9 nitrogen and oxygen atoms in total. The lowest BCUT2D eigenvalue weighted by molar-refractivity contribution is 0.155. The van der Waals surface area contributed by atoms with E-state index < -0.39 is 18.3 Å². The second-order valence-electron chi connectivity index (χ2n) is 5.37. The first kappa shape index (κ1) is 19.1. The molecule has 0 atom stereocenters. The van der Waals surface area contributed by atoms with Crippen LogP contribution in [0.25, 0.3) is 0 Å². The second kappa shape index (κ2) is 8.04. The summed E-state index contributed by atoms with van der Waals surface area (Å²) in [7, 11) is 8.99. The quantitative estimate of drug-likeness (QED) is 0.835. The molecule has 3 amide bonds. The summed E-state index contributed by atoms with van der Waals surface area (Å²) in [5, 5.41) is 0. The van der Waals surface area contributed by atoms with Crippen molar-refractivity contribution in [3.05, 3.63) is 18.2 Å². The van der Waals surface area contributed by atoms with Crippen LogP contribution in [0.5, 0.6) is 17.2 Å². The number of rotatable bonds is 3. The third-order valence-corrected chi connectivity index (χ3v) is 2.62. The maximum absolute atomic E-state index is 11.9. The van der Waals surface area contributed by atoms with Crippen molar-refractivity contribution in [2.45, 2.75) is 0 Å². The fraction of sp³-hybridized carbons (Fsp3) is 0.400. The number of ether oxygens (including phenoxy) is 3. The molecule has 0 heterocycles. The zero-order valence-electron chi connectivity index (χ0n) is 14.5. The summed E-state index contributed by atoms with van der Waals surface area (Å²) in [6, 6.07) is 4.35. The van der Waals surface area contributed by atoms with Crippen molar-refractivity contribution in [1.82, 2.24) is 14.7 Å². The minimum Gasteiger partial charge on any atom is -0.406 e. The lowest BCUT2D eigenvalue weighted by Crippen LogP contribution is -2.29. The van der Waals surface area contributed by atoms with Gasteiger partial charge in [-0.3, -0.25) is 0 Å². The molecule has 1 rings (SSSR count). The van der Waals surface area contributed by atoms with E-state index in [1.807, 2.05) is 0 Å². The summed E-state index contributed by atoms with van der Waals surface area (Å²) in [5.74, 6) is -0.262. The number of para-hydroxylation sites is 1. The molecule has 9 heteroatoms. The maximum atomic E-state index is 11.9. The highest BCUT2D eigenvalue weighted by Gasteiger charge is 2.22. The molecule has 0 aliphatic rings. The van der Waals surface area contributed by atoms with E-state index in [9.17, 15) is 14.4 Å². The number of carbonyl (C=O) groups is 3. The normalized spacial score (nSPS) is 9.75. The van der Waals surface area contributed by atoms with E-state index >= 15 is 0 Å². The van der Waals surface area contributed by atoms with Gasteiger partial charge in [-0.1, -0.05) is 6.07 Å². The highest BCUT2D eigenvalue weighted by molar-refractivity contribution is 5.77. The van der Waals surface area contributed by atoms with Gasteiger partial charge in [-0.05, 0) is 12.1 Å². The zero-order chi connectivity index (χ0) is 18.4. The molecule has 1 aromatic carbocycles. The van der Waals surface area contributed by atoms with E-state index in [0.29, 0.717) is 0 Å². The number of carbonyl (C=O) groups excluding carboxylic acids is 3. The van der Waals surface area contributed by atoms with E-state index in [2.05, 4.69) is 0 Å². The van der Waals surface area contributed by atoms with Crippen LogP contribution in [0.2, 0.25) is 0 Å². The topological polar surface area (TPSA) is 88.6 Å². The summed E-state index contributed by atoms with van der Waals surface area (Å²) < 4.78 is 15.5. The Morgan fingerprint density at radius 1 is 0.667 bits per heavy atom. The van der Waals surface area contributed by atoms with Crippen LogP contribution in [0.3, 0.4) is 0 Å². The molecule has 1 aromatic rings. The molecular weight excluding hydrogens is 318 g/mol. The molecule has 0 N–H and O–H groups in total. The van der Waals surface area contributed by atoms with E-state index in [-0.39, 0.29) is 17.2 Å². The van der Waals surface area contributed by atoms with Gasteiger partial charge < -0.3 is 28.9 Å². The molecule has 132 valence electrons. The molecular formula is C15H21N3O6.